The van der Waals surface area contributed by atoms with E-state index in [0.29, 0.717) is 5.02 Å². The summed E-state index contributed by atoms with van der Waals surface area (Å²) in [5.41, 5.74) is 1.60. The number of hydrogen-bond acceptors (Lipinski definition) is 2. The predicted molar refractivity (Wildman–Crippen MR) is 112 cm³/mol. The maximum atomic E-state index is 13.3. The molecule has 1 atom stereocenters. The third-order valence-corrected chi connectivity index (χ3v) is 5.66. The molecule has 6 heteroatoms. The van der Waals surface area contributed by atoms with Gasteiger partial charge in [-0.3, -0.25) is 9.59 Å². The van der Waals surface area contributed by atoms with Gasteiger partial charge >= 0.3 is 0 Å². The highest BCUT2D eigenvalue weighted by atomic mass is 35.5. The van der Waals surface area contributed by atoms with Gasteiger partial charge in [-0.25, -0.2) is 4.39 Å². The first kappa shape index (κ1) is 21.3. The minimum atomic E-state index is -0.625. The molecule has 0 aliphatic heterocycles. The van der Waals surface area contributed by atoms with Crippen LogP contribution in [0.3, 0.4) is 0 Å². The van der Waals surface area contributed by atoms with E-state index in [1.807, 2.05) is 0 Å². The summed E-state index contributed by atoms with van der Waals surface area (Å²) in [7, 11) is 0. The Kier molecular flexibility index (Phi) is 7.26. The standard InChI is InChI=1S/C23H26ClFN2O2/c1-16(23(29)26-21-4-2-3-5-21)27(15-18-8-12-20(25)13-9-18)22(28)14-17-6-10-19(24)11-7-17/h6-13,16,21H,2-5,14-15H2,1H3,(H,26,29). The predicted octanol–water partition coefficient (Wildman–Crippen LogP) is 4.50. The van der Waals surface area contributed by atoms with Gasteiger partial charge in [-0.1, -0.05) is 48.7 Å². The number of amides is 2. The van der Waals surface area contributed by atoms with Crippen molar-refractivity contribution < 1.29 is 14.0 Å². The summed E-state index contributed by atoms with van der Waals surface area (Å²) in [5.74, 6) is -0.644. The maximum Gasteiger partial charge on any atom is 0.242 e. The number of halogens is 2. The van der Waals surface area contributed by atoms with Crippen molar-refractivity contribution in [3.8, 4) is 0 Å². The fraction of sp³-hybridized carbons (Fsp3) is 0.391. The van der Waals surface area contributed by atoms with Crippen molar-refractivity contribution in [2.24, 2.45) is 0 Å². The first-order chi connectivity index (χ1) is 13.9. The van der Waals surface area contributed by atoms with Crippen LogP contribution in [0.5, 0.6) is 0 Å². The number of rotatable bonds is 7. The zero-order valence-corrected chi connectivity index (χ0v) is 17.3. The Morgan fingerprint density at radius 3 is 2.28 bits per heavy atom. The van der Waals surface area contributed by atoms with Crippen LogP contribution in [0, 0.1) is 5.82 Å². The van der Waals surface area contributed by atoms with Gasteiger partial charge in [0.05, 0.1) is 6.42 Å². The summed E-state index contributed by atoms with van der Waals surface area (Å²) in [6.07, 6.45) is 4.37. The van der Waals surface area contributed by atoms with Crippen molar-refractivity contribution in [3.63, 3.8) is 0 Å². The third kappa shape index (κ3) is 6.04. The zero-order valence-electron chi connectivity index (χ0n) is 16.5. The number of nitrogens with one attached hydrogen (secondary N) is 1. The SMILES string of the molecule is CC(C(=O)NC1CCCC1)N(Cc1ccc(F)cc1)C(=O)Cc1ccc(Cl)cc1. The van der Waals surface area contributed by atoms with E-state index < -0.39 is 6.04 Å². The number of nitrogens with zero attached hydrogens (tertiary/aromatic N) is 1. The summed E-state index contributed by atoms with van der Waals surface area (Å²) >= 11 is 5.92. The van der Waals surface area contributed by atoms with Crippen LogP contribution in [0.1, 0.15) is 43.7 Å². The molecule has 0 aromatic heterocycles. The number of carbonyl (C=O) groups is 2. The van der Waals surface area contributed by atoms with Gasteiger partial charge in [0.1, 0.15) is 11.9 Å². The van der Waals surface area contributed by atoms with Gasteiger partial charge in [0.2, 0.25) is 11.8 Å². The summed E-state index contributed by atoms with van der Waals surface area (Å²) in [4.78, 5) is 27.5. The minimum absolute atomic E-state index is 0.150. The van der Waals surface area contributed by atoms with Gasteiger partial charge in [-0.15, -0.1) is 0 Å². The highest BCUT2D eigenvalue weighted by Gasteiger charge is 2.28. The van der Waals surface area contributed by atoms with Crippen LogP contribution in [0.25, 0.3) is 0 Å². The Hall–Kier alpha value is -2.40. The first-order valence-electron chi connectivity index (χ1n) is 10.0. The molecule has 2 aromatic carbocycles. The van der Waals surface area contributed by atoms with E-state index in [4.69, 9.17) is 11.6 Å². The Bertz CT molecular complexity index is 833. The largest absolute Gasteiger partial charge is 0.352 e. The lowest BCUT2D eigenvalue weighted by molar-refractivity contribution is -0.140. The highest BCUT2D eigenvalue weighted by Crippen LogP contribution is 2.19. The van der Waals surface area contributed by atoms with Gasteiger partial charge in [0.25, 0.3) is 0 Å². The lowest BCUT2D eigenvalue weighted by Crippen LogP contribution is -2.50. The van der Waals surface area contributed by atoms with E-state index in [2.05, 4.69) is 5.32 Å². The zero-order chi connectivity index (χ0) is 20.8. The van der Waals surface area contributed by atoms with Gasteiger partial charge in [0, 0.05) is 17.6 Å². The van der Waals surface area contributed by atoms with E-state index in [1.165, 1.54) is 12.1 Å². The van der Waals surface area contributed by atoms with Crippen molar-refractivity contribution in [1.29, 1.82) is 0 Å². The van der Waals surface area contributed by atoms with E-state index in [9.17, 15) is 14.0 Å². The number of benzene rings is 2. The van der Waals surface area contributed by atoms with Crippen LogP contribution in [0.15, 0.2) is 48.5 Å². The maximum absolute atomic E-state index is 13.3. The lowest BCUT2D eigenvalue weighted by Gasteiger charge is -2.30. The molecule has 1 unspecified atom stereocenters. The summed E-state index contributed by atoms with van der Waals surface area (Å²) < 4.78 is 13.3. The number of hydrogen-bond donors (Lipinski definition) is 1. The lowest BCUT2D eigenvalue weighted by atomic mass is 10.1. The van der Waals surface area contributed by atoms with Gasteiger partial charge in [-0.2, -0.15) is 0 Å². The highest BCUT2D eigenvalue weighted by molar-refractivity contribution is 6.30. The minimum Gasteiger partial charge on any atom is -0.352 e. The topological polar surface area (TPSA) is 49.4 Å². The Balaban J connectivity index is 1.75. The summed E-state index contributed by atoms with van der Waals surface area (Å²) in [6.45, 7) is 1.99. The molecule has 154 valence electrons. The fourth-order valence-corrected chi connectivity index (χ4v) is 3.77. The molecule has 0 bridgehead atoms. The van der Waals surface area contributed by atoms with Crippen LogP contribution in [-0.2, 0) is 22.6 Å². The second kappa shape index (κ2) is 9.88. The molecule has 29 heavy (non-hydrogen) atoms. The molecule has 0 heterocycles. The molecule has 1 saturated carbocycles. The Labute approximate surface area is 176 Å². The molecule has 2 aromatic rings. The molecular weight excluding hydrogens is 391 g/mol. The van der Waals surface area contributed by atoms with E-state index in [1.54, 1.807) is 48.2 Å². The Morgan fingerprint density at radius 1 is 1.07 bits per heavy atom. The van der Waals surface area contributed by atoms with Crippen molar-refractivity contribution in [2.75, 3.05) is 0 Å². The molecule has 1 aliphatic rings. The molecule has 4 nitrogen and oxygen atoms in total. The third-order valence-electron chi connectivity index (χ3n) is 5.40. The first-order valence-corrected chi connectivity index (χ1v) is 10.4. The van der Waals surface area contributed by atoms with Crippen LogP contribution >= 0.6 is 11.6 Å². The normalized spacial score (nSPS) is 15.1. The smallest absolute Gasteiger partial charge is 0.242 e. The fourth-order valence-electron chi connectivity index (χ4n) is 3.64. The average molecular weight is 417 g/mol. The van der Waals surface area contributed by atoms with Crippen molar-refractivity contribution in [3.05, 3.63) is 70.5 Å². The molecule has 1 N–H and O–H groups in total. The molecule has 0 saturated heterocycles. The second-order valence-electron chi connectivity index (χ2n) is 7.62. The molecule has 0 spiro atoms. The molecule has 3 rings (SSSR count). The van der Waals surface area contributed by atoms with E-state index >= 15 is 0 Å². The van der Waals surface area contributed by atoms with Gasteiger partial charge < -0.3 is 10.2 Å². The van der Waals surface area contributed by atoms with Gasteiger partial charge in [0.15, 0.2) is 0 Å². The van der Waals surface area contributed by atoms with Crippen molar-refractivity contribution >= 4 is 23.4 Å². The monoisotopic (exact) mass is 416 g/mol. The molecule has 2 amide bonds. The van der Waals surface area contributed by atoms with Crippen molar-refractivity contribution in [1.82, 2.24) is 10.2 Å². The number of carbonyl (C=O) groups excluding carboxylic acids is 2. The van der Waals surface area contributed by atoms with E-state index in [-0.39, 0.29) is 36.6 Å². The summed E-state index contributed by atoms with van der Waals surface area (Å²) in [6, 6.07) is 12.7. The van der Waals surface area contributed by atoms with Crippen LogP contribution in [0.4, 0.5) is 4.39 Å². The van der Waals surface area contributed by atoms with E-state index in [0.717, 1.165) is 36.8 Å². The van der Waals surface area contributed by atoms with Crippen LogP contribution in [-0.4, -0.2) is 28.8 Å². The van der Waals surface area contributed by atoms with Gasteiger partial charge in [-0.05, 0) is 55.2 Å². The molecule has 1 fully saturated rings. The van der Waals surface area contributed by atoms with Crippen LogP contribution in [0.2, 0.25) is 5.02 Å². The molecular formula is C23H26ClFN2O2. The Morgan fingerprint density at radius 2 is 1.66 bits per heavy atom. The van der Waals surface area contributed by atoms with Crippen molar-refractivity contribution in [2.45, 2.75) is 57.7 Å². The second-order valence-corrected chi connectivity index (χ2v) is 8.05. The van der Waals surface area contributed by atoms with Crippen LogP contribution < -0.4 is 5.32 Å². The molecule has 1 aliphatic carbocycles. The molecule has 0 radical (unpaired) electrons. The quantitative estimate of drug-likeness (QED) is 0.722. The summed E-state index contributed by atoms with van der Waals surface area (Å²) in [5, 5.41) is 3.68. The average Bonchev–Trinajstić information content (AvgIpc) is 3.21.